The van der Waals surface area contributed by atoms with E-state index >= 15 is 0 Å². The van der Waals surface area contributed by atoms with E-state index in [4.69, 9.17) is 5.73 Å². The molecule has 6 nitrogen and oxygen atoms in total. The Kier molecular flexibility index (Phi) is 4.14. The van der Waals surface area contributed by atoms with Crippen LogP contribution in [0.1, 0.15) is 13.8 Å². The highest BCUT2D eigenvalue weighted by Crippen LogP contribution is 2.18. The van der Waals surface area contributed by atoms with Crippen molar-refractivity contribution >= 4 is 11.6 Å². The quantitative estimate of drug-likeness (QED) is 0.881. The van der Waals surface area contributed by atoms with Crippen molar-refractivity contribution in [2.24, 2.45) is 18.7 Å². The molecule has 0 aliphatic rings. The predicted molar refractivity (Wildman–Crippen MR) is 77.9 cm³/mol. The van der Waals surface area contributed by atoms with E-state index < -0.39 is 6.04 Å². The highest BCUT2D eigenvalue weighted by Gasteiger charge is 2.17. The van der Waals surface area contributed by atoms with E-state index in [1.165, 1.54) is 0 Å². The average molecular weight is 273 g/mol. The highest BCUT2D eigenvalue weighted by molar-refractivity contribution is 5.95. The van der Waals surface area contributed by atoms with Gasteiger partial charge in [-0.05, 0) is 30.2 Å². The van der Waals surface area contributed by atoms with Gasteiger partial charge in [-0.15, -0.1) is 10.2 Å². The van der Waals surface area contributed by atoms with Gasteiger partial charge in [0.2, 0.25) is 5.91 Å². The van der Waals surface area contributed by atoms with Crippen LogP contribution in [-0.4, -0.2) is 26.7 Å². The van der Waals surface area contributed by atoms with E-state index in [-0.39, 0.29) is 11.8 Å². The topological polar surface area (TPSA) is 85.8 Å². The van der Waals surface area contributed by atoms with Gasteiger partial charge in [-0.2, -0.15) is 0 Å². The van der Waals surface area contributed by atoms with Crippen molar-refractivity contribution in [3.8, 4) is 11.4 Å². The van der Waals surface area contributed by atoms with Crippen molar-refractivity contribution in [1.29, 1.82) is 0 Å². The number of benzene rings is 1. The van der Waals surface area contributed by atoms with Crippen LogP contribution in [0.4, 0.5) is 5.69 Å². The smallest absolute Gasteiger partial charge is 0.241 e. The van der Waals surface area contributed by atoms with Gasteiger partial charge in [-0.1, -0.05) is 13.8 Å². The monoisotopic (exact) mass is 273 g/mol. The van der Waals surface area contributed by atoms with Gasteiger partial charge >= 0.3 is 0 Å². The molecule has 106 valence electrons. The minimum absolute atomic E-state index is 0.105. The van der Waals surface area contributed by atoms with Crippen LogP contribution in [0.3, 0.4) is 0 Å². The van der Waals surface area contributed by atoms with Gasteiger partial charge in [-0.25, -0.2) is 0 Å². The number of hydrogen-bond acceptors (Lipinski definition) is 4. The van der Waals surface area contributed by atoms with Crippen LogP contribution >= 0.6 is 0 Å². The number of hydrogen-bond donors (Lipinski definition) is 2. The molecule has 3 N–H and O–H groups in total. The second-order valence-electron chi connectivity index (χ2n) is 5.10. The zero-order valence-corrected chi connectivity index (χ0v) is 11.9. The summed E-state index contributed by atoms with van der Waals surface area (Å²) in [5.74, 6) is 0.709. The largest absolute Gasteiger partial charge is 0.325 e. The molecule has 2 aromatic rings. The molecule has 0 aliphatic carbocycles. The Morgan fingerprint density at radius 3 is 2.45 bits per heavy atom. The third-order valence-electron chi connectivity index (χ3n) is 3.14. The normalized spacial score (nSPS) is 12.4. The Morgan fingerprint density at radius 1 is 1.30 bits per heavy atom. The van der Waals surface area contributed by atoms with E-state index in [0.29, 0.717) is 0 Å². The molecule has 1 atom stereocenters. The zero-order valence-electron chi connectivity index (χ0n) is 11.9. The molecule has 0 bridgehead atoms. The molecule has 6 heteroatoms. The number of nitrogens with one attached hydrogen (secondary N) is 1. The van der Waals surface area contributed by atoms with Crippen LogP contribution in [0.2, 0.25) is 0 Å². The minimum Gasteiger partial charge on any atom is -0.325 e. The van der Waals surface area contributed by atoms with Crippen LogP contribution < -0.4 is 11.1 Å². The van der Waals surface area contributed by atoms with E-state index in [1.54, 1.807) is 6.33 Å². The Labute approximate surface area is 118 Å². The fraction of sp³-hybridized carbons (Fsp3) is 0.357. The van der Waals surface area contributed by atoms with Crippen molar-refractivity contribution in [2.45, 2.75) is 19.9 Å². The first kappa shape index (κ1) is 14.2. The summed E-state index contributed by atoms with van der Waals surface area (Å²) in [7, 11) is 1.88. The predicted octanol–water partition coefficient (Wildman–Crippen LogP) is 1.40. The molecular formula is C14H19N5O. The van der Waals surface area contributed by atoms with E-state index in [0.717, 1.165) is 17.1 Å². The second kappa shape index (κ2) is 5.83. The van der Waals surface area contributed by atoms with Gasteiger partial charge in [0.25, 0.3) is 0 Å². The molecule has 0 saturated carbocycles. The number of carbonyl (C=O) groups is 1. The molecule has 0 unspecified atom stereocenters. The molecule has 1 amide bonds. The molecule has 2 rings (SSSR count). The van der Waals surface area contributed by atoms with Gasteiger partial charge in [0.15, 0.2) is 5.82 Å². The van der Waals surface area contributed by atoms with Crippen LogP contribution in [0.15, 0.2) is 30.6 Å². The van der Waals surface area contributed by atoms with Gasteiger partial charge in [0.05, 0.1) is 6.04 Å². The van der Waals surface area contributed by atoms with Crippen molar-refractivity contribution in [1.82, 2.24) is 14.8 Å². The number of nitrogens with two attached hydrogens (primary N) is 1. The molecule has 0 spiro atoms. The molecule has 0 fully saturated rings. The van der Waals surface area contributed by atoms with E-state index in [2.05, 4.69) is 15.5 Å². The van der Waals surface area contributed by atoms with Crippen LogP contribution in [-0.2, 0) is 11.8 Å². The number of aryl methyl sites for hydroxylation is 1. The summed E-state index contributed by atoms with van der Waals surface area (Å²) in [6.45, 7) is 3.84. The summed E-state index contributed by atoms with van der Waals surface area (Å²) >= 11 is 0. The lowest BCUT2D eigenvalue weighted by Crippen LogP contribution is -2.39. The highest BCUT2D eigenvalue weighted by atomic mass is 16.2. The number of carbonyl (C=O) groups excluding carboxylic acids is 1. The standard InChI is InChI=1S/C14H19N5O/c1-9(2)12(15)14(20)17-11-6-4-10(5-7-11)13-18-16-8-19(13)3/h4-9,12H,15H2,1-3H3,(H,17,20)/t12-/m0/s1. The maximum atomic E-state index is 11.9. The van der Waals surface area contributed by atoms with Crippen molar-refractivity contribution in [2.75, 3.05) is 5.32 Å². The molecule has 20 heavy (non-hydrogen) atoms. The lowest BCUT2D eigenvalue weighted by atomic mass is 10.0. The van der Waals surface area contributed by atoms with Crippen LogP contribution in [0.25, 0.3) is 11.4 Å². The van der Waals surface area contributed by atoms with Crippen molar-refractivity contribution in [3.63, 3.8) is 0 Å². The lowest BCUT2D eigenvalue weighted by molar-refractivity contribution is -0.118. The molecule has 0 radical (unpaired) electrons. The first-order valence-corrected chi connectivity index (χ1v) is 6.50. The van der Waals surface area contributed by atoms with Crippen LogP contribution in [0, 0.1) is 5.92 Å². The number of aromatic nitrogens is 3. The SMILES string of the molecule is CC(C)[C@H](N)C(=O)Nc1ccc(-c2nncn2C)cc1. The Hall–Kier alpha value is -2.21. The molecule has 1 aromatic carbocycles. The fourth-order valence-corrected chi connectivity index (χ4v) is 1.78. The first-order chi connectivity index (χ1) is 9.49. The second-order valence-corrected chi connectivity index (χ2v) is 5.10. The summed E-state index contributed by atoms with van der Waals surface area (Å²) in [6, 6.07) is 6.93. The summed E-state index contributed by atoms with van der Waals surface area (Å²) in [4.78, 5) is 11.9. The van der Waals surface area contributed by atoms with E-state index in [9.17, 15) is 4.79 Å². The number of anilines is 1. The summed E-state index contributed by atoms with van der Waals surface area (Å²) in [5, 5.41) is 10.7. The van der Waals surface area contributed by atoms with E-state index in [1.807, 2.05) is 49.7 Å². The summed E-state index contributed by atoms with van der Waals surface area (Å²) in [6.07, 6.45) is 1.65. The summed E-state index contributed by atoms with van der Waals surface area (Å²) in [5.41, 5.74) is 7.46. The average Bonchev–Trinajstić information content (AvgIpc) is 2.85. The Bertz CT molecular complexity index is 588. The van der Waals surface area contributed by atoms with Crippen LogP contribution in [0.5, 0.6) is 0 Å². The Balaban J connectivity index is 2.10. The van der Waals surface area contributed by atoms with Gasteiger partial charge in [0, 0.05) is 18.3 Å². The maximum absolute atomic E-state index is 11.9. The molecule has 1 heterocycles. The third-order valence-corrected chi connectivity index (χ3v) is 3.14. The fourth-order valence-electron chi connectivity index (χ4n) is 1.78. The third kappa shape index (κ3) is 3.03. The molecule has 0 saturated heterocycles. The minimum atomic E-state index is -0.506. The summed E-state index contributed by atoms with van der Waals surface area (Å²) < 4.78 is 1.84. The first-order valence-electron chi connectivity index (χ1n) is 6.50. The number of rotatable bonds is 4. The molecule has 1 aromatic heterocycles. The van der Waals surface area contributed by atoms with Gasteiger partial charge in [0.1, 0.15) is 6.33 Å². The molecular weight excluding hydrogens is 254 g/mol. The van der Waals surface area contributed by atoms with Crippen molar-refractivity contribution < 1.29 is 4.79 Å². The number of amides is 1. The zero-order chi connectivity index (χ0) is 14.7. The van der Waals surface area contributed by atoms with Gasteiger partial charge < -0.3 is 15.6 Å². The Morgan fingerprint density at radius 2 is 1.95 bits per heavy atom. The van der Waals surface area contributed by atoms with Crippen molar-refractivity contribution in [3.05, 3.63) is 30.6 Å². The molecule has 0 aliphatic heterocycles. The number of nitrogens with zero attached hydrogens (tertiary/aromatic N) is 3. The lowest BCUT2D eigenvalue weighted by Gasteiger charge is -2.15. The van der Waals surface area contributed by atoms with Gasteiger partial charge in [-0.3, -0.25) is 4.79 Å². The maximum Gasteiger partial charge on any atom is 0.241 e.